The highest BCUT2D eigenvalue weighted by atomic mass is 32.2. The van der Waals surface area contributed by atoms with Gasteiger partial charge in [0.1, 0.15) is 4.21 Å². The van der Waals surface area contributed by atoms with Crippen molar-refractivity contribution in [1.29, 1.82) is 0 Å². The van der Waals surface area contributed by atoms with Crippen molar-refractivity contribution in [2.24, 2.45) is 0 Å². The summed E-state index contributed by atoms with van der Waals surface area (Å²) in [6, 6.07) is 3.86. The minimum Gasteiger partial charge on any atom is -0.310 e. The minimum atomic E-state index is -3.43. The molecule has 0 aromatic carbocycles. The summed E-state index contributed by atoms with van der Waals surface area (Å²) >= 11 is 1.33. The van der Waals surface area contributed by atoms with E-state index < -0.39 is 10.0 Å². The lowest BCUT2D eigenvalue weighted by Crippen LogP contribution is -2.36. The number of thiophene rings is 1. The van der Waals surface area contributed by atoms with Crippen molar-refractivity contribution in [2.45, 2.75) is 50.5 Å². The van der Waals surface area contributed by atoms with Gasteiger partial charge in [0.05, 0.1) is 0 Å². The Labute approximate surface area is 126 Å². The first kappa shape index (κ1) is 17.4. The van der Waals surface area contributed by atoms with Crippen LogP contribution in [0.5, 0.6) is 0 Å². The molecule has 0 aliphatic rings. The molecule has 114 valence electrons. The van der Waals surface area contributed by atoms with Crippen molar-refractivity contribution in [3.8, 4) is 0 Å². The molecule has 0 saturated heterocycles. The average molecular weight is 316 g/mol. The van der Waals surface area contributed by atoms with E-state index in [-0.39, 0.29) is 6.04 Å². The van der Waals surface area contributed by atoms with E-state index in [2.05, 4.69) is 25.7 Å². The summed E-state index contributed by atoms with van der Waals surface area (Å²) in [5, 5.41) is 3.29. The van der Waals surface area contributed by atoms with Crippen LogP contribution in [0.2, 0.25) is 0 Å². The summed E-state index contributed by atoms with van der Waals surface area (Å²) in [7, 11) is -3.43. The Hall–Kier alpha value is -0.690. The number of rotatable bonds is 8. The summed E-state index contributed by atoms with van der Waals surface area (Å²) in [6.45, 7) is 12.5. The number of nitrogens with zero attached hydrogens (tertiary/aromatic N) is 1. The predicted molar refractivity (Wildman–Crippen MR) is 85.5 cm³/mol. The molecule has 6 heteroatoms. The lowest BCUT2D eigenvalue weighted by molar-refractivity contribution is 0.384. The molecular formula is C14H24N2O2S2. The number of hydrogen-bond acceptors (Lipinski definition) is 4. The van der Waals surface area contributed by atoms with Crippen LogP contribution in [-0.2, 0) is 16.6 Å². The van der Waals surface area contributed by atoms with Gasteiger partial charge in [0, 0.05) is 30.1 Å². The number of nitrogens with one attached hydrogen (secondary N) is 1. The Morgan fingerprint density at radius 2 is 2.00 bits per heavy atom. The minimum absolute atomic E-state index is 0.0858. The Morgan fingerprint density at radius 3 is 2.50 bits per heavy atom. The van der Waals surface area contributed by atoms with Gasteiger partial charge in [-0.2, -0.15) is 4.31 Å². The first-order chi connectivity index (χ1) is 9.28. The van der Waals surface area contributed by atoms with Gasteiger partial charge >= 0.3 is 0 Å². The SMILES string of the molecule is C=CCN(C(C)C)S(=O)(=O)c1ccc(CNC(C)C)s1. The van der Waals surface area contributed by atoms with Crippen LogP contribution in [0.1, 0.15) is 32.6 Å². The van der Waals surface area contributed by atoms with Crippen LogP contribution in [0.25, 0.3) is 0 Å². The van der Waals surface area contributed by atoms with Crippen molar-refractivity contribution in [3.63, 3.8) is 0 Å². The zero-order valence-corrected chi connectivity index (χ0v) is 14.2. The molecule has 0 fully saturated rings. The van der Waals surface area contributed by atoms with E-state index in [0.717, 1.165) is 4.88 Å². The zero-order valence-electron chi connectivity index (χ0n) is 12.6. The molecule has 1 N–H and O–H groups in total. The monoisotopic (exact) mass is 316 g/mol. The second-order valence-corrected chi connectivity index (χ2v) is 8.50. The maximum absolute atomic E-state index is 12.6. The zero-order chi connectivity index (χ0) is 15.3. The van der Waals surface area contributed by atoms with Crippen LogP contribution in [0, 0.1) is 0 Å². The van der Waals surface area contributed by atoms with E-state index in [1.165, 1.54) is 15.6 Å². The Morgan fingerprint density at radius 1 is 1.35 bits per heavy atom. The van der Waals surface area contributed by atoms with Crippen LogP contribution in [-0.4, -0.2) is 31.4 Å². The Balaban J connectivity index is 2.94. The molecule has 0 atom stereocenters. The molecule has 1 heterocycles. The molecule has 0 aliphatic carbocycles. The fourth-order valence-corrected chi connectivity index (χ4v) is 4.77. The van der Waals surface area contributed by atoms with E-state index in [9.17, 15) is 8.42 Å². The number of sulfonamides is 1. The van der Waals surface area contributed by atoms with Gasteiger partial charge in [-0.1, -0.05) is 19.9 Å². The van der Waals surface area contributed by atoms with Crippen molar-refractivity contribution in [1.82, 2.24) is 9.62 Å². The molecule has 0 aliphatic heterocycles. The standard InChI is InChI=1S/C14H24N2O2S2/c1-6-9-16(12(4)5)20(17,18)14-8-7-13(19-14)10-15-11(2)3/h6-8,11-12,15H,1,9-10H2,2-5H3. The highest BCUT2D eigenvalue weighted by Crippen LogP contribution is 2.26. The molecule has 0 bridgehead atoms. The van der Waals surface area contributed by atoms with Crippen molar-refractivity contribution < 1.29 is 8.42 Å². The molecule has 0 radical (unpaired) electrons. The lowest BCUT2D eigenvalue weighted by atomic mass is 10.4. The molecule has 1 rings (SSSR count). The molecule has 0 saturated carbocycles. The van der Waals surface area contributed by atoms with Crippen molar-refractivity contribution in [3.05, 3.63) is 29.7 Å². The second-order valence-electron chi connectivity index (χ2n) is 5.21. The van der Waals surface area contributed by atoms with Gasteiger partial charge in [-0.15, -0.1) is 17.9 Å². The van der Waals surface area contributed by atoms with Crippen LogP contribution >= 0.6 is 11.3 Å². The normalized spacial score (nSPS) is 12.6. The van der Waals surface area contributed by atoms with Crippen molar-refractivity contribution >= 4 is 21.4 Å². The van der Waals surface area contributed by atoms with Gasteiger partial charge in [-0.3, -0.25) is 0 Å². The summed E-state index contributed by atoms with van der Waals surface area (Å²) in [5.74, 6) is 0. The average Bonchev–Trinajstić information content (AvgIpc) is 2.82. The number of hydrogen-bond donors (Lipinski definition) is 1. The molecule has 20 heavy (non-hydrogen) atoms. The van der Waals surface area contributed by atoms with Gasteiger partial charge in [0.2, 0.25) is 0 Å². The lowest BCUT2D eigenvalue weighted by Gasteiger charge is -2.23. The molecule has 0 amide bonds. The predicted octanol–water partition coefficient (Wildman–Crippen LogP) is 2.83. The summed E-state index contributed by atoms with van der Waals surface area (Å²) in [4.78, 5) is 1.03. The molecule has 0 spiro atoms. The first-order valence-corrected chi connectivity index (χ1v) is 8.99. The van der Waals surface area contributed by atoms with Gasteiger partial charge in [0.15, 0.2) is 0 Å². The van der Waals surface area contributed by atoms with Gasteiger partial charge in [-0.05, 0) is 26.0 Å². The fraction of sp³-hybridized carbons (Fsp3) is 0.571. The summed E-state index contributed by atoms with van der Waals surface area (Å²) in [6.07, 6.45) is 1.62. The highest BCUT2D eigenvalue weighted by Gasteiger charge is 2.27. The summed E-state index contributed by atoms with van der Waals surface area (Å²) in [5.41, 5.74) is 0. The largest absolute Gasteiger partial charge is 0.310 e. The topological polar surface area (TPSA) is 49.4 Å². The smallest absolute Gasteiger partial charge is 0.253 e. The van der Waals surface area contributed by atoms with E-state index in [4.69, 9.17) is 0 Å². The fourth-order valence-electron chi connectivity index (χ4n) is 1.73. The third-order valence-corrected chi connectivity index (χ3v) is 6.36. The molecule has 0 unspecified atom stereocenters. The highest BCUT2D eigenvalue weighted by molar-refractivity contribution is 7.91. The Kier molecular flexibility index (Phi) is 6.39. The second kappa shape index (κ2) is 7.36. The van der Waals surface area contributed by atoms with Crippen molar-refractivity contribution in [2.75, 3.05) is 6.54 Å². The first-order valence-electron chi connectivity index (χ1n) is 6.74. The molecule has 4 nitrogen and oxygen atoms in total. The maximum atomic E-state index is 12.6. The van der Waals surface area contributed by atoms with Crippen LogP contribution < -0.4 is 5.32 Å². The van der Waals surface area contributed by atoms with E-state index >= 15 is 0 Å². The quantitative estimate of drug-likeness (QED) is 0.750. The van der Waals surface area contributed by atoms with E-state index in [0.29, 0.717) is 23.3 Å². The van der Waals surface area contributed by atoms with Gasteiger partial charge in [-0.25, -0.2) is 8.42 Å². The van der Waals surface area contributed by atoms with Crippen LogP contribution in [0.3, 0.4) is 0 Å². The van der Waals surface area contributed by atoms with Crippen LogP contribution in [0.4, 0.5) is 0 Å². The van der Waals surface area contributed by atoms with Gasteiger partial charge in [0.25, 0.3) is 10.0 Å². The molecule has 1 aromatic heterocycles. The Bertz CT molecular complexity index is 533. The van der Waals surface area contributed by atoms with E-state index in [1.54, 1.807) is 12.1 Å². The molecule has 1 aromatic rings. The van der Waals surface area contributed by atoms with Gasteiger partial charge < -0.3 is 5.32 Å². The third kappa shape index (κ3) is 4.41. The van der Waals surface area contributed by atoms with Crippen LogP contribution in [0.15, 0.2) is 29.0 Å². The third-order valence-electron chi connectivity index (χ3n) is 2.77. The molecular weight excluding hydrogens is 292 g/mol. The van der Waals surface area contributed by atoms with E-state index in [1.807, 2.05) is 19.9 Å². The maximum Gasteiger partial charge on any atom is 0.253 e. The summed E-state index contributed by atoms with van der Waals surface area (Å²) < 4.78 is 27.0.